The summed E-state index contributed by atoms with van der Waals surface area (Å²) in [7, 11) is 0. The van der Waals surface area contributed by atoms with Crippen molar-refractivity contribution >= 4 is 11.9 Å². The Morgan fingerprint density at radius 3 is 1.25 bits per heavy atom. The van der Waals surface area contributed by atoms with Crippen LogP contribution in [0.3, 0.4) is 0 Å². The minimum atomic E-state index is -0.0693. The van der Waals surface area contributed by atoms with Crippen LogP contribution in [0.5, 0.6) is 0 Å². The van der Waals surface area contributed by atoms with E-state index in [4.69, 9.17) is 9.47 Å². The van der Waals surface area contributed by atoms with Gasteiger partial charge in [-0.05, 0) is 62.2 Å². The first-order chi connectivity index (χ1) is 15.3. The molecule has 1 rings (SSSR count). The summed E-state index contributed by atoms with van der Waals surface area (Å²) in [6.45, 7) is 14.6. The first kappa shape index (κ1) is 29.0. The topological polar surface area (TPSA) is 52.6 Å². The zero-order chi connectivity index (χ0) is 23.9. The van der Waals surface area contributed by atoms with Crippen molar-refractivity contribution in [2.75, 3.05) is 13.2 Å². The van der Waals surface area contributed by atoms with Gasteiger partial charge in [-0.2, -0.15) is 0 Å². The molecule has 32 heavy (non-hydrogen) atoms. The zero-order valence-electron chi connectivity index (χ0n) is 22.0. The predicted molar refractivity (Wildman–Crippen MR) is 132 cm³/mol. The fraction of sp³-hybridized carbons (Fsp3) is 0.929. The molecule has 0 bridgehead atoms. The lowest BCUT2D eigenvalue weighted by Crippen LogP contribution is -2.29. The van der Waals surface area contributed by atoms with Gasteiger partial charge in [0.15, 0.2) is 0 Å². The maximum absolute atomic E-state index is 12.4. The standard InChI is InChI=1S/C28H52O4/c1-7-9-11-21(3)23(5)17-19-31-27(29)25-13-15-26(16-14-25)28(30)32-20-18-24(6)22(4)12-10-8-2/h21-26H,7-20H2,1-6H3. The molecule has 4 nitrogen and oxygen atoms in total. The summed E-state index contributed by atoms with van der Waals surface area (Å²) in [5, 5.41) is 0. The lowest BCUT2D eigenvalue weighted by molar-refractivity contribution is -0.155. The summed E-state index contributed by atoms with van der Waals surface area (Å²) in [4.78, 5) is 24.9. The van der Waals surface area contributed by atoms with Crippen LogP contribution in [0, 0.1) is 35.5 Å². The number of hydrogen-bond donors (Lipinski definition) is 0. The summed E-state index contributed by atoms with van der Waals surface area (Å²) in [6.07, 6.45) is 12.4. The maximum Gasteiger partial charge on any atom is 0.308 e. The van der Waals surface area contributed by atoms with Gasteiger partial charge < -0.3 is 9.47 Å². The van der Waals surface area contributed by atoms with E-state index in [-0.39, 0.29) is 23.8 Å². The average molecular weight is 453 g/mol. The molecule has 4 heteroatoms. The molecule has 4 unspecified atom stereocenters. The van der Waals surface area contributed by atoms with Crippen LogP contribution in [0.2, 0.25) is 0 Å². The quantitative estimate of drug-likeness (QED) is 0.226. The van der Waals surface area contributed by atoms with E-state index in [1.165, 1.54) is 38.5 Å². The number of carbonyl (C=O) groups is 2. The predicted octanol–water partition coefficient (Wildman–Crippen LogP) is 7.58. The van der Waals surface area contributed by atoms with Crippen LogP contribution in [0.1, 0.15) is 119 Å². The molecule has 0 aromatic heterocycles. The van der Waals surface area contributed by atoms with E-state index in [1.54, 1.807) is 0 Å². The third-order valence-electron chi connectivity index (χ3n) is 8.00. The van der Waals surface area contributed by atoms with E-state index < -0.39 is 0 Å². The Kier molecular flexibility index (Phi) is 15.0. The van der Waals surface area contributed by atoms with Gasteiger partial charge in [0.1, 0.15) is 0 Å². The van der Waals surface area contributed by atoms with Gasteiger partial charge in [0.05, 0.1) is 25.0 Å². The number of unbranched alkanes of at least 4 members (excludes halogenated alkanes) is 2. The van der Waals surface area contributed by atoms with Gasteiger partial charge in [0.25, 0.3) is 0 Å². The number of esters is 2. The van der Waals surface area contributed by atoms with Crippen molar-refractivity contribution in [3.63, 3.8) is 0 Å². The summed E-state index contributed by atoms with van der Waals surface area (Å²) >= 11 is 0. The molecular formula is C28H52O4. The first-order valence-electron chi connectivity index (χ1n) is 13.6. The lowest BCUT2D eigenvalue weighted by Gasteiger charge is -2.27. The number of carbonyl (C=O) groups excluding carboxylic acids is 2. The van der Waals surface area contributed by atoms with Crippen molar-refractivity contribution in [3.8, 4) is 0 Å². The van der Waals surface area contributed by atoms with Crippen molar-refractivity contribution in [2.45, 2.75) is 119 Å². The van der Waals surface area contributed by atoms with Crippen molar-refractivity contribution in [1.29, 1.82) is 0 Å². The highest BCUT2D eigenvalue weighted by Crippen LogP contribution is 2.31. The molecule has 0 aromatic carbocycles. The van der Waals surface area contributed by atoms with Gasteiger partial charge >= 0.3 is 11.9 Å². The fourth-order valence-electron chi connectivity index (χ4n) is 4.68. The van der Waals surface area contributed by atoms with E-state index in [0.29, 0.717) is 36.9 Å². The molecule has 0 aliphatic heterocycles. The molecule has 0 N–H and O–H groups in total. The monoisotopic (exact) mass is 452 g/mol. The van der Waals surface area contributed by atoms with Crippen LogP contribution in [0.15, 0.2) is 0 Å². The number of hydrogen-bond acceptors (Lipinski definition) is 4. The summed E-state index contributed by atoms with van der Waals surface area (Å²) in [5.41, 5.74) is 0. The molecule has 0 spiro atoms. The molecule has 4 atom stereocenters. The van der Waals surface area contributed by atoms with Crippen molar-refractivity contribution < 1.29 is 19.1 Å². The Morgan fingerprint density at radius 1 is 0.625 bits per heavy atom. The number of ether oxygens (including phenoxy) is 2. The van der Waals surface area contributed by atoms with Crippen molar-refractivity contribution in [2.24, 2.45) is 35.5 Å². The third kappa shape index (κ3) is 11.2. The van der Waals surface area contributed by atoms with Crippen LogP contribution >= 0.6 is 0 Å². The Bertz CT molecular complexity index is 464. The van der Waals surface area contributed by atoms with Gasteiger partial charge in [0, 0.05) is 0 Å². The second kappa shape index (κ2) is 16.5. The lowest BCUT2D eigenvalue weighted by atomic mass is 9.82. The van der Waals surface area contributed by atoms with Gasteiger partial charge in [-0.1, -0.05) is 80.1 Å². The molecule has 1 aliphatic carbocycles. The second-order valence-electron chi connectivity index (χ2n) is 10.7. The molecule has 188 valence electrons. The van der Waals surface area contributed by atoms with Crippen LogP contribution in [-0.4, -0.2) is 25.2 Å². The fourth-order valence-corrected chi connectivity index (χ4v) is 4.68. The van der Waals surface area contributed by atoms with Gasteiger partial charge in [-0.25, -0.2) is 0 Å². The smallest absolute Gasteiger partial charge is 0.308 e. The van der Waals surface area contributed by atoms with Gasteiger partial charge in [-0.3, -0.25) is 9.59 Å². The van der Waals surface area contributed by atoms with Crippen LogP contribution < -0.4 is 0 Å². The Morgan fingerprint density at radius 2 is 0.938 bits per heavy atom. The Labute approximate surface area is 198 Å². The first-order valence-corrected chi connectivity index (χ1v) is 13.6. The highest BCUT2D eigenvalue weighted by Gasteiger charge is 2.31. The molecule has 1 fully saturated rings. The normalized spacial score (nSPS) is 22.6. The molecule has 1 saturated carbocycles. The van der Waals surface area contributed by atoms with Gasteiger partial charge in [0.2, 0.25) is 0 Å². The minimum Gasteiger partial charge on any atom is -0.465 e. The zero-order valence-corrected chi connectivity index (χ0v) is 22.0. The largest absolute Gasteiger partial charge is 0.465 e. The molecule has 0 amide bonds. The van der Waals surface area contributed by atoms with E-state index in [9.17, 15) is 9.59 Å². The molecule has 1 aliphatic rings. The van der Waals surface area contributed by atoms with Gasteiger partial charge in [-0.15, -0.1) is 0 Å². The average Bonchev–Trinajstić information content (AvgIpc) is 2.80. The highest BCUT2D eigenvalue weighted by atomic mass is 16.5. The Hall–Kier alpha value is -1.06. The summed E-state index contributed by atoms with van der Waals surface area (Å²) in [6, 6.07) is 0. The molecular weight excluding hydrogens is 400 g/mol. The number of rotatable bonds is 16. The maximum atomic E-state index is 12.4. The van der Waals surface area contributed by atoms with E-state index in [2.05, 4.69) is 41.5 Å². The third-order valence-corrected chi connectivity index (χ3v) is 8.00. The van der Waals surface area contributed by atoms with Crippen molar-refractivity contribution in [1.82, 2.24) is 0 Å². The van der Waals surface area contributed by atoms with Crippen LogP contribution in [-0.2, 0) is 19.1 Å². The van der Waals surface area contributed by atoms with Crippen LogP contribution in [0.4, 0.5) is 0 Å². The van der Waals surface area contributed by atoms with E-state index in [1.807, 2.05) is 0 Å². The van der Waals surface area contributed by atoms with Crippen LogP contribution in [0.25, 0.3) is 0 Å². The highest BCUT2D eigenvalue weighted by molar-refractivity contribution is 5.75. The molecule has 0 heterocycles. The second-order valence-corrected chi connectivity index (χ2v) is 10.7. The molecule has 0 radical (unpaired) electrons. The van der Waals surface area contributed by atoms with E-state index in [0.717, 1.165) is 38.5 Å². The molecule has 0 aromatic rings. The summed E-state index contributed by atoms with van der Waals surface area (Å²) < 4.78 is 11.2. The van der Waals surface area contributed by atoms with Crippen molar-refractivity contribution in [3.05, 3.63) is 0 Å². The summed E-state index contributed by atoms with van der Waals surface area (Å²) in [5.74, 6) is 2.28. The SMILES string of the molecule is CCCCC(C)C(C)CCOC(=O)C1CCC(C(=O)OCCC(C)C(C)CCCC)CC1. The molecule has 0 saturated heterocycles. The minimum absolute atomic E-state index is 0.0497. The van der Waals surface area contributed by atoms with E-state index >= 15 is 0 Å². The Balaban J connectivity index is 2.21.